The van der Waals surface area contributed by atoms with Gasteiger partial charge in [-0.1, -0.05) is 6.92 Å². The molecule has 0 saturated carbocycles. The molecule has 0 aliphatic carbocycles. The Morgan fingerprint density at radius 1 is 1.11 bits per heavy atom. The number of piperidine rings is 2. The monoisotopic (exact) mass is 390 g/mol. The second kappa shape index (κ2) is 9.04. The van der Waals surface area contributed by atoms with E-state index in [4.69, 9.17) is 22.2 Å². The number of rotatable bonds is 4. The first-order chi connectivity index (χ1) is 12.9. The van der Waals surface area contributed by atoms with Crippen LogP contribution in [0.15, 0.2) is 6.07 Å². The Kier molecular flexibility index (Phi) is 6.73. The van der Waals surface area contributed by atoms with Crippen molar-refractivity contribution in [3.63, 3.8) is 0 Å². The van der Waals surface area contributed by atoms with Gasteiger partial charge in [0, 0.05) is 37.8 Å². The van der Waals surface area contributed by atoms with Gasteiger partial charge in [0.15, 0.2) is 5.11 Å². The van der Waals surface area contributed by atoms with Gasteiger partial charge in [-0.25, -0.2) is 0 Å². The van der Waals surface area contributed by atoms with Crippen LogP contribution in [0.25, 0.3) is 0 Å². The van der Waals surface area contributed by atoms with Gasteiger partial charge in [0.25, 0.3) is 0 Å². The number of nitrogens with one attached hydrogen (secondary N) is 2. The van der Waals surface area contributed by atoms with Crippen molar-refractivity contribution in [2.24, 2.45) is 5.92 Å². The van der Waals surface area contributed by atoms with E-state index in [0.717, 1.165) is 31.3 Å². The molecular formula is C20H34N6S. The lowest BCUT2D eigenvalue weighted by Crippen LogP contribution is -2.39. The summed E-state index contributed by atoms with van der Waals surface area (Å²) in [6, 6.07) is 2.96. The van der Waals surface area contributed by atoms with Crippen molar-refractivity contribution in [3.8, 4) is 0 Å². The summed E-state index contributed by atoms with van der Waals surface area (Å²) < 4.78 is 0. The molecule has 0 spiro atoms. The lowest BCUT2D eigenvalue weighted by atomic mass is 10.0. The minimum atomic E-state index is 0.276. The van der Waals surface area contributed by atoms with Crippen LogP contribution in [0, 0.1) is 5.92 Å². The Hall–Kier alpha value is -1.63. The summed E-state index contributed by atoms with van der Waals surface area (Å²) in [6.45, 7) is 11.9. The summed E-state index contributed by atoms with van der Waals surface area (Å²) in [5.41, 5.74) is 0. The molecule has 3 heterocycles. The molecule has 2 aliphatic rings. The summed E-state index contributed by atoms with van der Waals surface area (Å²) in [6.07, 6.45) is 6.26. The number of nitrogens with zero attached hydrogens (tertiary/aromatic N) is 4. The fourth-order valence-electron chi connectivity index (χ4n) is 4.02. The van der Waals surface area contributed by atoms with Crippen LogP contribution in [0.1, 0.15) is 59.8 Å². The van der Waals surface area contributed by atoms with Crippen molar-refractivity contribution in [1.29, 1.82) is 0 Å². The second-order valence-corrected chi connectivity index (χ2v) is 8.80. The fourth-order valence-corrected chi connectivity index (χ4v) is 4.35. The van der Waals surface area contributed by atoms with Crippen LogP contribution in [-0.2, 0) is 0 Å². The third-order valence-electron chi connectivity index (χ3n) is 5.42. The summed E-state index contributed by atoms with van der Waals surface area (Å²) >= 11 is 5.42. The molecule has 27 heavy (non-hydrogen) atoms. The highest BCUT2D eigenvalue weighted by Gasteiger charge is 2.24. The highest BCUT2D eigenvalue weighted by atomic mass is 32.1. The normalized spacial score (nSPS) is 23.4. The Bertz CT molecular complexity index is 649. The summed E-state index contributed by atoms with van der Waals surface area (Å²) in [5, 5.41) is 7.00. The van der Waals surface area contributed by atoms with Gasteiger partial charge in [0.1, 0.15) is 11.6 Å². The molecule has 1 aromatic heterocycles. The lowest BCUT2D eigenvalue weighted by Gasteiger charge is -2.36. The fraction of sp³-hybridized carbons (Fsp3) is 0.750. The second-order valence-electron chi connectivity index (χ2n) is 8.39. The van der Waals surface area contributed by atoms with Gasteiger partial charge >= 0.3 is 0 Å². The number of hydrogen-bond acceptors (Lipinski definition) is 5. The molecule has 2 fully saturated rings. The van der Waals surface area contributed by atoms with Gasteiger partial charge in [-0.15, -0.1) is 0 Å². The minimum absolute atomic E-state index is 0.276. The Balaban J connectivity index is 1.88. The van der Waals surface area contributed by atoms with E-state index in [1.54, 1.807) is 0 Å². The number of thiocarbonyl (C=S) groups is 1. The predicted octanol–water partition coefficient (Wildman–Crippen LogP) is 3.79. The average Bonchev–Trinajstić information content (AvgIpc) is 2.61. The maximum Gasteiger partial charge on any atom is 0.232 e. The quantitative estimate of drug-likeness (QED) is 0.759. The van der Waals surface area contributed by atoms with Crippen molar-refractivity contribution < 1.29 is 0 Å². The first-order valence-electron chi connectivity index (χ1n) is 10.4. The molecule has 6 nitrogen and oxygen atoms in total. The van der Waals surface area contributed by atoms with E-state index in [1.165, 1.54) is 32.1 Å². The van der Waals surface area contributed by atoms with E-state index in [0.29, 0.717) is 23.0 Å². The number of hydrogen-bond donors (Lipinski definition) is 2. The zero-order valence-corrected chi connectivity index (χ0v) is 18.0. The van der Waals surface area contributed by atoms with Gasteiger partial charge in [0.05, 0.1) is 0 Å². The Morgan fingerprint density at radius 3 is 2.59 bits per heavy atom. The first kappa shape index (κ1) is 20.1. The van der Waals surface area contributed by atoms with Crippen LogP contribution < -0.4 is 20.4 Å². The number of aromatic nitrogens is 2. The largest absolute Gasteiger partial charge is 0.360 e. The molecule has 3 rings (SSSR count). The molecule has 150 valence electrons. The summed E-state index contributed by atoms with van der Waals surface area (Å²) in [4.78, 5) is 14.4. The molecule has 0 bridgehead atoms. The maximum absolute atomic E-state index is 5.42. The summed E-state index contributed by atoms with van der Waals surface area (Å²) in [5.74, 6) is 3.32. The third-order valence-corrected chi connectivity index (χ3v) is 5.64. The molecule has 2 aliphatic heterocycles. The topological polar surface area (TPSA) is 56.3 Å². The summed E-state index contributed by atoms with van der Waals surface area (Å²) in [7, 11) is 0. The van der Waals surface area contributed by atoms with E-state index in [9.17, 15) is 0 Å². The zero-order chi connectivity index (χ0) is 19.4. The Morgan fingerprint density at radius 2 is 1.89 bits per heavy atom. The van der Waals surface area contributed by atoms with Crippen molar-refractivity contribution >= 4 is 34.9 Å². The zero-order valence-electron chi connectivity index (χ0n) is 17.2. The molecule has 0 unspecified atom stereocenters. The predicted molar refractivity (Wildman–Crippen MR) is 118 cm³/mol. The van der Waals surface area contributed by atoms with Gasteiger partial charge in [-0.2, -0.15) is 9.97 Å². The van der Waals surface area contributed by atoms with Crippen LogP contribution in [0.5, 0.6) is 0 Å². The van der Waals surface area contributed by atoms with E-state index in [2.05, 4.69) is 54.2 Å². The van der Waals surface area contributed by atoms with Crippen molar-refractivity contribution in [2.45, 2.75) is 71.9 Å². The molecule has 0 radical (unpaired) electrons. The van der Waals surface area contributed by atoms with Gasteiger partial charge in [-0.3, -0.25) is 0 Å². The third kappa shape index (κ3) is 5.43. The van der Waals surface area contributed by atoms with Crippen molar-refractivity contribution in [2.75, 3.05) is 34.8 Å². The maximum atomic E-state index is 5.42. The molecule has 2 N–H and O–H groups in total. The van der Waals surface area contributed by atoms with Crippen LogP contribution in [0.4, 0.5) is 17.6 Å². The van der Waals surface area contributed by atoms with Crippen molar-refractivity contribution in [1.82, 2.24) is 15.3 Å². The number of anilines is 3. The highest BCUT2D eigenvalue weighted by molar-refractivity contribution is 7.80. The van der Waals surface area contributed by atoms with Crippen molar-refractivity contribution in [3.05, 3.63) is 6.07 Å². The lowest BCUT2D eigenvalue weighted by molar-refractivity contribution is 0.444. The van der Waals surface area contributed by atoms with E-state index in [-0.39, 0.29) is 6.04 Å². The van der Waals surface area contributed by atoms with E-state index in [1.807, 2.05) is 0 Å². The highest BCUT2D eigenvalue weighted by Crippen LogP contribution is 2.29. The van der Waals surface area contributed by atoms with E-state index < -0.39 is 0 Å². The minimum Gasteiger partial charge on any atom is -0.360 e. The molecule has 2 saturated heterocycles. The van der Waals surface area contributed by atoms with Gasteiger partial charge < -0.3 is 20.4 Å². The van der Waals surface area contributed by atoms with Gasteiger partial charge in [-0.05, 0) is 71.0 Å². The molecule has 1 aromatic rings. The Labute approximate surface area is 169 Å². The van der Waals surface area contributed by atoms with Crippen LogP contribution in [-0.4, -0.2) is 46.8 Å². The molecule has 7 heteroatoms. The first-order valence-corrected chi connectivity index (χ1v) is 10.8. The van der Waals surface area contributed by atoms with Crippen LogP contribution in [0.2, 0.25) is 0 Å². The molecular weight excluding hydrogens is 356 g/mol. The average molecular weight is 391 g/mol. The molecule has 2 atom stereocenters. The standard InChI is InChI=1S/C20H34N6S/c1-14(2)21-20(27)24-19-22-17(25-10-7-8-15(3)13-25)12-18(23-19)26-11-6-5-9-16(26)4/h12,14-16H,5-11,13H2,1-4H3,(H2,21,22,23,24,27)/t15-,16-/m0/s1. The van der Waals surface area contributed by atoms with E-state index >= 15 is 0 Å². The van der Waals surface area contributed by atoms with Crippen LogP contribution >= 0.6 is 12.2 Å². The molecule has 0 aromatic carbocycles. The molecule has 0 amide bonds. The van der Waals surface area contributed by atoms with Crippen LogP contribution in [0.3, 0.4) is 0 Å². The smallest absolute Gasteiger partial charge is 0.232 e. The van der Waals surface area contributed by atoms with Gasteiger partial charge in [0.2, 0.25) is 5.95 Å². The SMILES string of the molecule is CC(C)NC(=S)Nc1nc(N2CCC[C@H](C)C2)cc(N2CCCC[C@@H]2C)n1.